The first kappa shape index (κ1) is 22.2. The van der Waals surface area contributed by atoms with E-state index in [0.29, 0.717) is 30.1 Å². The van der Waals surface area contributed by atoms with Gasteiger partial charge in [-0.25, -0.2) is 8.42 Å². The van der Waals surface area contributed by atoms with Gasteiger partial charge in [0, 0.05) is 18.8 Å². The predicted octanol–water partition coefficient (Wildman–Crippen LogP) is 3.39. The first-order valence-corrected chi connectivity index (χ1v) is 11.6. The lowest BCUT2D eigenvalue weighted by Crippen LogP contribution is -2.34. The Morgan fingerprint density at radius 1 is 1.07 bits per heavy atom. The number of para-hydroxylation sites is 1. The van der Waals surface area contributed by atoms with Crippen LogP contribution in [0, 0.1) is 0 Å². The number of ether oxygens (including phenoxy) is 1. The molecule has 0 atom stereocenters. The Hall–Kier alpha value is -2.49. The van der Waals surface area contributed by atoms with E-state index < -0.39 is 15.9 Å². The lowest BCUT2D eigenvalue weighted by molar-refractivity contribution is 0.0972. The van der Waals surface area contributed by atoms with Crippen LogP contribution in [0.4, 0.5) is 5.69 Å². The lowest BCUT2D eigenvalue weighted by Gasteiger charge is -2.16. The van der Waals surface area contributed by atoms with E-state index in [2.05, 4.69) is 10.6 Å². The molecule has 0 saturated carbocycles. The molecule has 1 amide bonds. The van der Waals surface area contributed by atoms with Gasteiger partial charge in [0.25, 0.3) is 5.91 Å². The van der Waals surface area contributed by atoms with Crippen LogP contribution in [0.1, 0.15) is 37.0 Å². The van der Waals surface area contributed by atoms with Gasteiger partial charge < -0.3 is 10.1 Å². The smallest absolute Gasteiger partial charge is 0.261 e. The molecule has 0 aromatic heterocycles. The molecule has 2 aromatic carbocycles. The van der Waals surface area contributed by atoms with Crippen molar-refractivity contribution in [1.29, 1.82) is 0 Å². The number of nitrogens with one attached hydrogen (secondary N) is 2. The minimum Gasteiger partial charge on any atom is -0.490 e. The van der Waals surface area contributed by atoms with Gasteiger partial charge in [-0.05, 0) is 75.3 Å². The summed E-state index contributed by atoms with van der Waals surface area (Å²) in [4.78, 5) is 12.8. The van der Waals surface area contributed by atoms with Crippen molar-refractivity contribution in [2.75, 3.05) is 18.4 Å². The average Bonchev–Trinajstić information content (AvgIpc) is 3.24. The Bertz CT molecular complexity index is 1010. The van der Waals surface area contributed by atoms with E-state index >= 15 is 0 Å². The van der Waals surface area contributed by atoms with Crippen LogP contribution in [0.25, 0.3) is 0 Å². The highest BCUT2D eigenvalue weighted by atomic mass is 32.2. The van der Waals surface area contributed by atoms with E-state index in [0.717, 1.165) is 12.8 Å². The number of hydrogen-bond acceptors (Lipinski definition) is 5. The van der Waals surface area contributed by atoms with E-state index in [1.54, 1.807) is 36.4 Å². The van der Waals surface area contributed by atoms with Crippen LogP contribution < -0.4 is 15.4 Å². The number of thiocarbonyl (C=S) groups is 1. The molecule has 1 aliphatic heterocycles. The maximum Gasteiger partial charge on any atom is 0.261 e. The third-order valence-corrected chi connectivity index (χ3v) is 6.65. The van der Waals surface area contributed by atoms with Gasteiger partial charge in [0.1, 0.15) is 5.75 Å². The molecule has 1 saturated heterocycles. The number of sulfonamides is 1. The van der Waals surface area contributed by atoms with Gasteiger partial charge in [0.05, 0.1) is 16.6 Å². The normalized spacial score (nSPS) is 14.5. The monoisotopic (exact) mass is 447 g/mol. The quantitative estimate of drug-likeness (QED) is 0.660. The number of anilines is 1. The Kier molecular flexibility index (Phi) is 7.06. The van der Waals surface area contributed by atoms with Crippen LogP contribution in [0.2, 0.25) is 0 Å². The summed E-state index contributed by atoms with van der Waals surface area (Å²) >= 11 is 5.23. The summed E-state index contributed by atoms with van der Waals surface area (Å²) in [5.41, 5.74) is 0.954. The molecule has 1 aliphatic rings. The van der Waals surface area contributed by atoms with Crippen LogP contribution >= 0.6 is 12.2 Å². The molecule has 7 nitrogen and oxygen atoms in total. The zero-order chi connectivity index (χ0) is 21.7. The topological polar surface area (TPSA) is 87.7 Å². The van der Waals surface area contributed by atoms with Crippen molar-refractivity contribution in [2.45, 2.75) is 37.7 Å². The van der Waals surface area contributed by atoms with Gasteiger partial charge in [-0.2, -0.15) is 4.31 Å². The fourth-order valence-corrected chi connectivity index (χ4v) is 4.86. The summed E-state index contributed by atoms with van der Waals surface area (Å²) in [5.74, 6) is 0.0845. The van der Waals surface area contributed by atoms with Crippen LogP contribution in [-0.4, -0.2) is 42.9 Å². The van der Waals surface area contributed by atoms with Crippen molar-refractivity contribution in [3.8, 4) is 5.75 Å². The average molecular weight is 448 g/mol. The molecular weight excluding hydrogens is 422 g/mol. The summed E-state index contributed by atoms with van der Waals surface area (Å²) < 4.78 is 32.3. The number of hydrogen-bond donors (Lipinski definition) is 2. The fraction of sp³-hybridized carbons (Fsp3) is 0.333. The number of benzene rings is 2. The van der Waals surface area contributed by atoms with Crippen LogP contribution in [-0.2, 0) is 10.0 Å². The summed E-state index contributed by atoms with van der Waals surface area (Å²) in [6.45, 7) is 4.88. The zero-order valence-corrected chi connectivity index (χ0v) is 18.6. The zero-order valence-electron chi connectivity index (χ0n) is 16.9. The summed E-state index contributed by atoms with van der Waals surface area (Å²) in [7, 11) is -3.46. The van der Waals surface area contributed by atoms with Crippen LogP contribution in [0.3, 0.4) is 0 Å². The number of carbonyl (C=O) groups is 1. The molecule has 1 fully saturated rings. The Morgan fingerprint density at radius 2 is 1.70 bits per heavy atom. The number of nitrogens with zero attached hydrogens (tertiary/aromatic N) is 1. The van der Waals surface area contributed by atoms with Crippen molar-refractivity contribution in [3.05, 3.63) is 54.1 Å². The van der Waals surface area contributed by atoms with Crippen molar-refractivity contribution in [3.63, 3.8) is 0 Å². The lowest BCUT2D eigenvalue weighted by atomic mass is 10.2. The van der Waals surface area contributed by atoms with Crippen molar-refractivity contribution < 1.29 is 17.9 Å². The van der Waals surface area contributed by atoms with E-state index in [-0.39, 0.29) is 16.1 Å². The number of amides is 1. The Labute approximate surface area is 182 Å². The molecule has 9 heteroatoms. The molecule has 2 aromatic rings. The fourth-order valence-electron chi connectivity index (χ4n) is 3.13. The van der Waals surface area contributed by atoms with Gasteiger partial charge in [-0.15, -0.1) is 0 Å². The Balaban J connectivity index is 1.63. The van der Waals surface area contributed by atoms with Crippen LogP contribution in [0.15, 0.2) is 53.4 Å². The highest BCUT2D eigenvalue weighted by molar-refractivity contribution is 7.89. The van der Waals surface area contributed by atoms with Gasteiger partial charge in [0.2, 0.25) is 10.0 Å². The highest BCUT2D eigenvalue weighted by Gasteiger charge is 2.26. The van der Waals surface area contributed by atoms with Gasteiger partial charge in [-0.1, -0.05) is 12.1 Å². The second-order valence-electron chi connectivity index (χ2n) is 7.21. The van der Waals surface area contributed by atoms with E-state index in [4.69, 9.17) is 17.0 Å². The standard InChI is InChI=1S/C21H25N3O4S2/c1-15(2)28-19-8-4-3-7-18(19)20(25)23-21(29)22-16-9-11-17(12-10-16)30(26,27)24-13-5-6-14-24/h3-4,7-12,15H,5-6,13-14H2,1-2H3,(H2,22,23,25,29). The maximum atomic E-state index is 12.6. The molecule has 0 aliphatic carbocycles. The van der Waals surface area contributed by atoms with E-state index in [1.165, 1.54) is 16.4 Å². The minimum atomic E-state index is -3.46. The summed E-state index contributed by atoms with van der Waals surface area (Å²) in [6, 6.07) is 13.2. The molecule has 3 rings (SSSR count). The second-order valence-corrected chi connectivity index (χ2v) is 9.55. The SMILES string of the molecule is CC(C)Oc1ccccc1C(=O)NC(=S)Nc1ccc(S(=O)(=O)N2CCCC2)cc1. The van der Waals surface area contributed by atoms with E-state index in [9.17, 15) is 13.2 Å². The summed E-state index contributed by atoms with van der Waals surface area (Å²) in [5, 5.41) is 5.63. The molecule has 2 N–H and O–H groups in total. The second kappa shape index (κ2) is 9.55. The number of carbonyl (C=O) groups excluding carboxylic acids is 1. The van der Waals surface area contributed by atoms with Crippen molar-refractivity contribution in [2.24, 2.45) is 0 Å². The molecule has 0 spiro atoms. The van der Waals surface area contributed by atoms with Gasteiger partial charge in [0.15, 0.2) is 5.11 Å². The molecule has 160 valence electrons. The molecular formula is C21H25N3O4S2. The minimum absolute atomic E-state index is 0.0700. The van der Waals surface area contributed by atoms with E-state index in [1.807, 2.05) is 13.8 Å². The molecule has 1 heterocycles. The van der Waals surface area contributed by atoms with Gasteiger partial charge >= 0.3 is 0 Å². The summed E-state index contributed by atoms with van der Waals surface area (Å²) in [6.07, 6.45) is 1.70. The molecule has 0 bridgehead atoms. The first-order chi connectivity index (χ1) is 14.3. The maximum absolute atomic E-state index is 12.6. The number of rotatable bonds is 6. The largest absolute Gasteiger partial charge is 0.490 e. The third kappa shape index (κ3) is 5.35. The van der Waals surface area contributed by atoms with Crippen molar-refractivity contribution in [1.82, 2.24) is 9.62 Å². The molecule has 0 unspecified atom stereocenters. The highest BCUT2D eigenvalue weighted by Crippen LogP contribution is 2.22. The van der Waals surface area contributed by atoms with Crippen molar-refractivity contribution >= 4 is 38.9 Å². The van der Waals surface area contributed by atoms with Gasteiger partial charge in [-0.3, -0.25) is 10.1 Å². The Morgan fingerprint density at radius 3 is 2.33 bits per heavy atom. The predicted molar refractivity (Wildman–Crippen MR) is 120 cm³/mol. The first-order valence-electron chi connectivity index (χ1n) is 9.75. The van der Waals surface area contributed by atoms with Crippen LogP contribution in [0.5, 0.6) is 5.75 Å². The molecule has 30 heavy (non-hydrogen) atoms. The third-order valence-electron chi connectivity index (χ3n) is 4.54. The molecule has 0 radical (unpaired) electrons.